The van der Waals surface area contributed by atoms with E-state index in [1.807, 2.05) is 0 Å². The van der Waals surface area contributed by atoms with E-state index in [0.29, 0.717) is 12.0 Å². The fraction of sp³-hybridized carbons (Fsp3) is 0.769. The number of hydrogen-bond acceptors (Lipinski definition) is 2. The normalized spacial score (nSPS) is 25.8. The van der Waals surface area contributed by atoms with E-state index in [0.717, 1.165) is 11.6 Å². The lowest BCUT2D eigenvalue weighted by molar-refractivity contribution is 0.413. The maximum atomic E-state index is 6.32. The van der Waals surface area contributed by atoms with Gasteiger partial charge in [0.1, 0.15) is 0 Å². The average molecular weight is 256 g/mol. The van der Waals surface area contributed by atoms with E-state index in [4.69, 9.17) is 11.6 Å². The van der Waals surface area contributed by atoms with Crippen LogP contribution in [0.5, 0.6) is 0 Å². The fourth-order valence-electron chi connectivity index (χ4n) is 2.97. The Balaban J connectivity index is 2.30. The van der Waals surface area contributed by atoms with Gasteiger partial charge in [-0.05, 0) is 26.8 Å². The Kier molecular flexibility index (Phi) is 4.46. The number of likely N-dealkylation sites (N-methyl/N-ethyl adjacent to an activating group) is 1. The third kappa shape index (κ3) is 2.66. The minimum Gasteiger partial charge on any atom is -0.316 e. The quantitative estimate of drug-likeness (QED) is 0.841. The second-order valence-corrected chi connectivity index (χ2v) is 5.24. The number of hydrogen-bond donors (Lipinski definition) is 1. The first-order valence-corrected chi connectivity index (χ1v) is 7.04. The zero-order valence-corrected chi connectivity index (χ0v) is 11.5. The van der Waals surface area contributed by atoms with Crippen molar-refractivity contribution in [1.82, 2.24) is 15.1 Å². The second kappa shape index (κ2) is 5.87. The Bertz CT molecular complexity index is 362. The Morgan fingerprint density at radius 3 is 2.88 bits per heavy atom. The molecule has 1 N–H and O–H groups in total. The van der Waals surface area contributed by atoms with Crippen LogP contribution >= 0.6 is 11.6 Å². The summed E-state index contributed by atoms with van der Waals surface area (Å²) < 4.78 is 2.06. The molecule has 1 aromatic heterocycles. The van der Waals surface area contributed by atoms with E-state index in [9.17, 15) is 0 Å². The van der Waals surface area contributed by atoms with Crippen molar-refractivity contribution in [3.8, 4) is 0 Å². The lowest BCUT2D eigenvalue weighted by atomic mass is 9.91. The summed E-state index contributed by atoms with van der Waals surface area (Å²) in [5.41, 5.74) is 1.23. The number of nitrogens with zero attached hydrogens (tertiary/aromatic N) is 2. The van der Waals surface area contributed by atoms with Crippen LogP contribution in [0.1, 0.15) is 50.6 Å². The summed E-state index contributed by atoms with van der Waals surface area (Å²) in [7, 11) is 2.06. The molecule has 4 heteroatoms. The molecule has 1 aliphatic rings. The molecule has 0 spiro atoms. The first kappa shape index (κ1) is 12.9. The smallest absolute Gasteiger partial charge is 0.0821 e. The molecule has 1 heterocycles. The molecule has 1 fully saturated rings. The molecule has 17 heavy (non-hydrogen) atoms. The van der Waals surface area contributed by atoms with Crippen molar-refractivity contribution in [3.63, 3.8) is 0 Å². The van der Waals surface area contributed by atoms with Crippen molar-refractivity contribution >= 4 is 11.6 Å². The average Bonchev–Trinajstić information content (AvgIpc) is 2.58. The van der Waals surface area contributed by atoms with Gasteiger partial charge in [-0.25, -0.2) is 0 Å². The summed E-state index contributed by atoms with van der Waals surface area (Å²) in [6.45, 7) is 3.02. The molecule has 0 amide bonds. The third-order valence-electron chi connectivity index (χ3n) is 3.87. The lowest BCUT2D eigenvalue weighted by Crippen LogP contribution is -2.32. The highest BCUT2D eigenvalue weighted by Crippen LogP contribution is 2.35. The van der Waals surface area contributed by atoms with Crippen molar-refractivity contribution in [3.05, 3.63) is 16.9 Å². The number of nitrogens with one attached hydrogen (secondary N) is 1. The van der Waals surface area contributed by atoms with Gasteiger partial charge in [-0.3, -0.25) is 4.68 Å². The molecule has 0 aromatic carbocycles. The van der Waals surface area contributed by atoms with Crippen LogP contribution in [-0.2, 0) is 6.54 Å². The first-order valence-electron chi connectivity index (χ1n) is 6.66. The summed E-state index contributed by atoms with van der Waals surface area (Å²) in [6, 6.07) is 0.539. The van der Waals surface area contributed by atoms with Gasteiger partial charge in [0.15, 0.2) is 0 Å². The van der Waals surface area contributed by atoms with Crippen LogP contribution in [0.4, 0.5) is 0 Å². The van der Waals surface area contributed by atoms with E-state index in [2.05, 4.69) is 29.1 Å². The molecule has 96 valence electrons. The predicted molar refractivity (Wildman–Crippen MR) is 71.6 cm³/mol. The van der Waals surface area contributed by atoms with Gasteiger partial charge in [-0.15, -0.1) is 0 Å². The highest BCUT2D eigenvalue weighted by molar-refractivity contribution is 6.31. The molecular formula is C13H22ClN3. The van der Waals surface area contributed by atoms with Gasteiger partial charge >= 0.3 is 0 Å². The van der Waals surface area contributed by atoms with Gasteiger partial charge < -0.3 is 5.32 Å². The molecule has 0 saturated heterocycles. The van der Waals surface area contributed by atoms with E-state index >= 15 is 0 Å². The van der Waals surface area contributed by atoms with Crippen LogP contribution in [-0.4, -0.2) is 22.9 Å². The Morgan fingerprint density at radius 1 is 1.41 bits per heavy atom. The Morgan fingerprint density at radius 2 is 2.18 bits per heavy atom. The number of halogens is 1. The van der Waals surface area contributed by atoms with Crippen LogP contribution in [0.3, 0.4) is 0 Å². The summed E-state index contributed by atoms with van der Waals surface area (Å²) in [4.78, 5) is 0. The largest absolute Gasteiger partial charge is 0.316 e. The molecular weight excluding hydrogens is 234 g/mol. The molecule has 0 radical (unpaired) electrons. The van der Waals surface area contributed by atoms with Gasteiger partial charge in [0.2, 0.25) is 0 Å². The number of aryl methyl sites for hydroxylation is 1. The highest BCUT2D eigenvalue weighted by Gasteiger charge is 2.28. The molecule has 2 atom stereocenters. The molecule has 1 saturated carbocycles. The van der Waals surface area contributed by atoms with Gasteiger partial charge in [0.25, 0.3) is 0 Å². The summed E-state index contributed by atoms with van der Waals surface area (Å²) in [5, 5.41) is 8.66. The van der Waals surface area contributed by atoms with Crippen LogP contribution < -0.4 is 5.32 Å². The van der Waals surface area contributed by atoms with Crippen LogP contribution in [0.25, 0.3) is 0 Å². The predicted octanol–water partition coefficient (Wildman–Crippen LogP) is 3.19. The van der Waals surface area contributed by atoms with Crippen LogP contribution in [0.2, 0.25) is 5.02 Å². The third-order valence-corrected chi connectivity index (χ3v) is 4.16. The molecule has 3 nitrogen and oxygen atoms in total. The van der Waals surface area contributed by atoms with E-state index < -0.39 is 0 Å². The first-order chi connectivity index (χ1) is 8.27. The second-order valence-electron chi connectivity index (χ2n) is 4.83. The van der Waals surface area contributed by atoms with E-state index in [1.54, 1.807) is 6.20 Å². The van der Waals surface area contributed by atoms with Crippen LogP contribution in [0.15, 0.2) is 6.20 Å². The summed E-state index contributed by atoms with van der Waals surface area (Å²) in [6.07, 6.45) is 8.21. The molecule has 2 rings (SSSR count). The molecule has 2 unspecified atom stereocenters. The maximum Gasteiger partial charge on any atom is 0.0821 e. The minimum atomic E-state index is 0.512. The summed E-state index contributed by atoms with van der Waals surface area (Å²) >= 11 is 6.32. The lowest BCUT2D eigenvalue weighted by Gasteiger charge is -2.25. The van der Waals surface area contributed by atoms with Crippen molar-refractivity contribution < 1.29 is 0 Å². The summed E-state index contributed by atoms with van der Waals surface area (Å²) in [5.74, 6) is 0.512. The fourth-order valence-corrected chi connectivity index (χ4v) is 3.25. The SMILES string of the molecule is CCn1ncc(Cl)c1C1CCCCCC1NC. The van der Waals surface area contributed by atoms with Gasteiger partial charge in [-0.2, -0.15) is 5.10 Å². The zero-order valence-electron chi connectivity index (χ0n) is 10.7. The Hall–Kier alpha value is -0.540. The standard InChI is InChI=1S/C13H22ClN3/c1-3-17-13(11(14)9-16-17)10-7-5-4-6-8-12(10)15-2/h9-10,12,15H,3-8H2,1-2H3. The van der Waals surface area contributed by atoms with Crippen molar-refractivity contribution in [1.29, 1.82) is 0 Å². The molecule has 0 bridgehead atoms. The number of rotatable bonds is 3. The monoisotopic (exact) mass is 255 g/mol. The molecule has 1 aromatic rings. The molecule has 1 aliphatic carbocycles. The van der Waals surface area contributed by atoms with Crippen molar-refractivity contribution in [2.24, 2.45) is 0 Å². The molecule has 0 aliphatic heterocycles. The van der Waals surface area contributed by atoms with E-state index in [-0.39, 0.29) is 0 Å². The van der Waals surface area contributed by atoms with Gasteiger partial charge in [0, 0.05) is 18.5 Å². The van der Waals surface area contributed by atoms with Crippen LogP contribution in [0, 0.1) is 0 Å². The zero-order chi connectivity index (χ0) is 12.3. The van der Waals surface area contributed by atoms with Crippen molar-refractivity contribution in [2.75, 3.05) is 7.05 Å². The maximum absolute atomic E-state index is 6.32. The van der Waals surface area contributed by atoms with Crippen molar-refractivity contribution in [2.45, 2.75) is 57.5 Å². The minimum absolute atomic E-state index is 0.512. The highest BCUT2D eigenvalue weighted by atomic mass is 35.5. The van der Waals surface area contributed by atoms with Gasteiger partial charge in [-0.1, -0.05) is 30.9 Å². The van der Waals surface area contributed by atoms with Gasteiger partial charge in [0.05, 0.1) is 16.9 Å². The Labute approximate surface area is 109 Å². The van der Waals surface area contributed by atoms with E-state index in [1.165, 1.54) is 37.8 Å². The topological polar surface area (TPSA) is 29.9 Å². The number of aromatic nitrogens is 2.